The van der Waals surface area contributed by atoms with Crippen LogP contribution in [0.5, 0.6) is 0 Å². The molecule has 0 atom stereocenters. The number of carbonyl (C=O) groups is 2. The van der Waals surface area contributed by atoms with Crippen molar-refractivity contribution in [2.75, 3.05) is 5.32 Å². The van der Waals surface area contributed by atoms with Crippen molar-refractivity contribution in [3.8, 4) is 0 Å². The minimum atomic E-state index is -1.000. The number of rotatable bonds is 5. The summed E-state index contributed by atoms with van der Waals surface area (Å²) < 4.78 is 1.81. The minimum Gasteiger partial charge on any atom is -0.478 e. The number of carboxylic acid groups (broad SMARTS) is 1. The number of imidazole rings is 1. The van der Waals surface area contributed by atoms with Crippen molar-refractivity contribution in [1.82, 2.24) is 9.38 Å². The average molecular weight is 337 g/mol. The molecule has 0 unspecified atom stereocenters. The number of hydrogen-bond donors (Lipinski definition) is 2. The molecule has 0 radical (unpaired) electrons. The number of nitrogens with one attached hydrogen (secondary N) is 1. The van der Waals surface area contributed by atoms with Gasteiger partial charge >= 0.3 is 5.97 Å². The third kappa shape index (κ3) is 3.38. The number of aryl methyl sites for hydroxylation is 2. The van der Waals surface area contributed by atoms with E-state index < -0.39 is 5.97 Å². The number of carbonyl (C=O) groups excluding carboxylic acids is 1. The number of aromatic nitrogens is 2. The van der Waals surface area contributed by atoms with Gasteiger partial charge in [0.25, 0.3) is 5.91 Å². The second kappa shape index (κ2) is 6.76. The SMILES string of the molecule is CCCc1nc2ccc(C)cn2c1C(=O)Nc1ccc(C(=O)O)cc1. The van der Waals surface area contributed by atoms with Crippen LogP contribution in [0.2, 0.25) is 0 Å². The van der Waals surface area contributed by atoms with E-state index in [2.05, 4.69) is 10.3 Å². The molecule has 128 valence electrons. The molecular formula is C19H19N3O3. The molecule has 6 nitrogen and oxygen atoms in total. The zero-order chi connectivity index (χ0) is 18.0. The molecule has 1 aromatic carbocycles. The van der Waals surface area contributed by atoms with Crippen molar-refractivity contribution < 1.29 is 14.7 Å². The standard InChI is InChI=1S/C19H19N3O3/c1-3-4-15-17(22-11-12(2)5-10-16(22)21-15)18(23)20-14-8-6-13(7-9-14)19(24)25/h5-11H,3-4H2,1-2H3,(H,20,23)(H,24,25). The Balaban J connectivity index is 1.96. The van der Waals surface area contributed by atoms with Gasteiger partial charge in [0.05, 0.1) is 11.3 Å². The Kier molecular flexibility index (Phi) is 4.52. The van der Waals surface area contributed by atoms with Crippen LogP contribution in [-0.2, 0) is 6.42 Å². The third-order valence-electron chi connectivity index (χ3n) is 3.93. The first kappa shape index (κ1) is 16.7. The van der Waals surface area contributed by atoms with Crippen LogP contribution in [-0.4, -0.2) is 26.4 Å². The Morgan fingerprint density at radius 1 is 1.16 bits per heavy atom. The van der Waals surface area contributed by atoms with Gasteiger partial charge in [0.15, 0.2) is 0 Å². The van der Waals surface area contributed by atoms with Crippen LogP contribution in [0, 0.1) is 6.92 Å². The second-order valence-electron chi connectivity index (χ2n) is 5.93. The molecule has 0 aliphatic rings. The maximum absolute atomic E-state index is 12.8. The summed E-state index contributed by atoms with van der Waals surface area (Å²) in [7, 11) is 0. The molecule has 0 spiro atoms. The van der Waals surface area contributed by atoms with Crippen LogP contribution in [0.3, 0.4) is 0 Å². The molecule has 0 aliphatic carbocycles. The van der Waals surface area contributed by atoms with Gasteiger partial charge in [-0.2, -0.15) is 0 Å². The molecule has 3 aromatic rings. The number of nitrogens with zero attached hydrogens (tertiary/aromatic N) is 2. The quantitative estimate of drug-likeness (QED) is 0.746. The van der Waals surface area contributed by atoms with E-state index in [-0.39, 0.29) is 11.5 Å². The summed E-state index contributed by atoms with van der Waals surface area (Å²) in [6.45, 7) is 4.01. The topological polar surface area (TPSA) is 83.7 Å². The molecule has 2 heterocycles. The highest BCUT2D eigenvalue weighted by atomic mass is 16.4. The average Bonchev–Trinajstić information content (AvgIpc) is 2.93. The molecular weight excluding hydrogens is 318 g/mol. The van der Waals surface area contributed by atoms with Crippen molar-refractivity contribution in [3.05, 3.63) is 65.1 Å². The van der Waals surface area contributed by atoms with Gasteiger partial charge in [-0.1, -0.05) is 19.4 Å². The molecule has 1 amide bonds. The molecule has 0 saturated carbocycles. The highest BCUT2D eigenvalue weighted by Crippen LogP contribution is 2.18. The molecule has 0 fully saturated rings. The summed E-state index contributed by atoms with van der Waals surface area (Å²) >= 11 is 0. The molecule has 2 aromatic heterocycles. The summed E-state index contributed by atoms with van der Waals surface area (Å²) in [6, 6.07) is 9.94. The fraction of sp³-hybridized carbons (Fsp3) is 0.211. The molecule has 0 bridgehead atoms. The zero-order valence-corrected chi connectivity index (χ0v) is 14.1. The van der Waals surface area contributed by atoms with Crippen LogP contribution in [0.15, 0.2) is 42.6 Å². The lowest BCUT2D eigenvalue weighted by molar-refractivity contribution is 0.0696. The lowest BCUT2D eigenvalue weighted by Gasteiger charge is -2.08. The Morgan fingerprint density at radius 3 is 2.52 bits per heavy atom. The number of benzene rings is 1. The van der Waals surface area contributed by atoms with E-state index in [4.69, 9.17) is 5.11 Å². The smallest absolute Gasteiger partial charge is 0.335 e. The molecule has 25 heavy (non-hydrogen) atoms. The normalized spacial score (nSPS) is 10.8. The van der Waals surface area contributed by atoms with Gasteiger partial charge in [-0.25, -0.2) is 9.78 Å². The van der Waals surface area contributed by atoms with Gasteiger partial charge in [-0.15, -0.1) is 0 Å². The second-order valence-corrected chi connectivity index (χ2v) is 5.93. The van der Waals surface area contributed by atoms with E-state index in [0.29, 0.717) is 17.8 Å². The fourth-order valence-electron chi connectivity index (χ4n) is 2.74. The van der Waals surface area contributed by atoms with Crippen molar-refractivity contribution in [1.29, 1.82) is 0 Å². The maximum Gasteiger partial charge on any atom is 0.335 e. The van der Waals surface area contributed by atoms with Crippen LogP contribution < -0.4 is 5.32 Å². The molecule has 2 N–H and O–H groups in total. The van der Waals surface area contributed by atoms with Crippen LogP contribution in [0.1, 0.15) is 45.4 Å². The summed E-state index contributed by atoms with van der Waals surface area (Å²) in [4.78, 5) is 28.3. The van der Waals surface area contributed by atoms with E-state index in [1.807, 2.05) is 32.2 Å². The Morgan fingerprint density at radius 2 is 1.88 bits per heavy atom. The number of amides is 1. The monoisotopic (exact) mass is 337 g/mol. The summed E-state index contributed by atoms with van der Waals surface area (Å²) in [5, 5.41) is 11.8. The van der Waals surface area contributed by atoms with Crippen LogP contribution >= 0.6 is 0 Å². The van der Waals surface area contributed by atoms with Crippen molar-refractivity contribution in [3.63, 3.8) is 0 Å². The maximum atomic E-state index is 12.8. The summed E-state index contributed by atoms with van der Waals surface area (Å²) in [5.74, 6) is -1.26. The number of hydrogen-bond acceptors (Lipinski definition) is 3. The van der Waals surface area contributed by atoms with Crippen LogP contribution in [0.4, 0.5) is 5.69 Å². The van der Waals surface area contributed by atoms with Crippen molar-refractivity contribution >= 4 is 23.2 Å². The van der Waals surface area contributed by atoms with Gasteiger partial charge in [-0.05, 0) is 49.2 Å². The molecule has 0 aliphatic heterocycles. The number of carboxylic acids is 1. The molecule has 0 saturated heterocycles. The third-order valence-corrected chi connectivity index (χ3v) is 3.93. The minimum absolute atomic E-state index is 0.176. The summed E-state index contributed by atoms with van der Waals surface area (Å²) in [6.07, 6.45) is 3.49. The largest absolute Gasteiger partial charge is 0.478 e. The van der Waals surface area contributed by atoms with Gasteiger partial charge in [0, 0.05) is 11.9 Å². The first-order valence-electron chi connectivity index (χ1n) is 8.12. The Labute approximate surface area is 145 Å². The van der Waals surface area contributed by atoms with E-state index >= 15 is 0 Å². The van der Waals surface area contributed by atoms with Crippen LogP contribution in [0.25, 0.3) is 5.65 Å². The molecule has 6 heteroatoms. The number of pyridine rings is 1. The molecule has 3 rings (SSSR count). The predicted molar refractivity (Wildman–Crippen MR) is 95.3 cm³/mol. The zero-order valence-electron chi connectivity index (χ0n) is 14.1. The van der Waals surface area contributed by atoms with E-state index in [1.54, 1.807) is 16.5 Å². The van der Waals surface area contributed by atoms with Crippen molar-refractivity contribution in [2.24, 2.45) is 0 Å². The number of anilines is 1. The highest BCUT2D eigenvalue weighted by molar-refractivity contribution is 6.04. The highest BCUT2D eigenvalue weighted by Gasteiger charge is 2.19. The summed E-state index contributed by atoms with van der Waals surface area (Å²) in [5.41, 5.74) is 3.76. The van der Waals surface area contributed by atoms with Gasteiger partial charge in [0.2, 0.25) is 0 Å². The van der Waals surface area contributed by atoms with Gasteiger partial charge in [0.1, 0.15) is 11.3 Å². The van der Waals surface area contributed by atoms with E-state index in [1.165, 1.54) is 12.1 Å². The first-order valence-corrected chi connectivity index (χ1v) is 8.12. The van der Waals surface area contributed by atoms with E-state index in [0.717, 1.165) is 23.3 Å². The Hall–Kier alpha value is -3.15. The van der Waals surface area contributed by atoms with Gasteiger partial charge < -0.3 is 10.4 Å². The lowest BCUT2D eigenvalue weighted by Crippen LogP contribution is -2.16. The lowest BCUT2D eigenvalue weighted by atomic mass is 10.2. The number of aromatic carboxylic acids is 1. The first-order chi connectivity index (χ1) is 12.0. The van der Waals surface area contributed by atoms with Crippen molar-refractivity contribution in [2.45, 2.75) is 26.7 Å². The Bertz CT molecular complexity index is 942. The number of fused-ring (bicyclic) bond motifs is 1. The predicted octanol–water partition coefficient (Wildman–Crippen LogP) is 3.55. The fourth-order valence-corrected chi connectivity index (χ4v) is 2.74. The van der Waals surface area contributed by atoms with Gasteiger partial charge in [-0.3, -0.25) is 9.20 Å². The van der Waals surface area contributed by atoms with E-state index in [9.17, 15) is 9.59 Å².